The van der Waals surface area contributed by atoms with Crippen molar-refractivity contribution in [3.63, 3.8) is 0 Å². The highest BCUT2D eigenvalue weighted by Gasteiger charge is 2.31. The van der Waals surface area contributed by atoms with Gasteiger partial charge in [0.25, 0.3) is 10.2 Å². The van der Waals surface area contributed by atoms with Crippen molar-refractivity contribution in [1.82, 2.24) is 13.9 Å². The van der Waals surface area contributed by atoms with E-state index in [0.29, 0.717) is 19.1 Å². The summed E-state index contributed by atoms with van der Waals surface area (Å²) in [5.41, 5.74) is 0. The maximum absolute atomic E-state index is 12.2. The van der Waals surface area contributed by atoms with E-state index in [1.165, 1.54) is 4.31 Å². The topological polar surface area (TPSA) is 52.7 Å². The van der Waals surface area contributed by atoms with Gasteiger partial charge in [-0.25, -0.2) is 0 Å². The first-order chi connectivity index (χ1) is 7.39. The SMILES string of the molecule is CNC1CCN(S(=O)(=O)N(C)C(C)C)CC1. The van der Waals surface area contributed by atoms with Gasteiger partial charge in [-0.1, -0.05) is 0 Å². The minimum atomic E-state index is -3.25. The van der Waals surface area contributed by atoms with Crippen LogP contribution in [0.4, 0.5) is 0 Å². The van der Waals surface area contributed by atoms with E-state index in [1.54, 1.807) is 11.4 Å². The molecule has 5 nitrogen and oxygen atoms in total. The lowest BCUT2D eigenvalue weighted by atomic mass is 10.1. The van der Waals surface area contributed by atoms with Gasteiger partial charge in [0.05, 0.1) is 0 Å². The molecule has 0 aliphatic carbocycles. The fourth-order valence-corrected chi connectivity index (χ4v) is 3.39. The third kappa shape index (κ3) is 2.94. The van der Waals surface area contributed by atoms with Crippen LogP contribution in [0, 0.1) is 0 Å². The maximum atomic E-state index is 12.2. The predicted molar refractivity (Wildman–Crippen MR) is 65.5 cm³/mol. The average Bonchev–Trinajstić information content (AvgIpc) is 2.28. The molecule has 0 bridgehead atoms. The van der Waals surface area contributed by atoms with Crippen LogP contribution in [0.1, 0.15) is 26.7 Å². The molecule has 0 saturated carbocycles. The van der Waals surface area contributed by atoms with E-state index in [9.17, 15) is 8.42 Å². The third-order valence-electron chi connectivity index (χ3n) is 3.28. The second-order valence-corrected chi connectivity index (χ2v) is 6.57. The van der Waals surface area contributed by atoms with Crippen molar-refractivity contribution in [3.05, 3.63) is 0 Å². The van der Waals surface area contributed by atoms with Crippen LogP contribution < -0.4 is 5.32 Å². The summed E-state index contributed by atoms with van der Waals surface area (Å²) in [4.78, 5) is 0. The number of hydrogen-bond acceptors (Lipinski definition) is 3. The zero-order valence-electron chi connectivity index (χ0n) is 10.6. The first-order valence-corrected chi connectivity index (χ1v) is 7.19. The molecule has 0 unspecified atom stereocenters. The predicted octanol–water partition coefficient (Wildman–Crippen LogP) is 0.255. The standard InChI is InChI=1S/C10H23N3O2S/c1-9(2)12(4)16(14,15)13-7-5-10(11-3)6-8-13/h9-11H,5-8H2,1-4H3. The van der Waals surface area contributed by atoms with Gasteiger partial charge in [0.15, 0.2) is 0 Å². The molecule has 1 rings (SSSR count). The summed E-state index contributed by atoms with van der Waals surface area (Å²) in [6.45, 7) is 5.01. The van der Waals surface area contributed by atoms with E-state index < -0.39 is 10.2 Å². The largest absolute Gasteiger partial charge is 0.317 e. The molecule has 1 fully saturated rings. The van der Waals surface area contributed by atoms with E-state index in [-0.39, 0.29) is 6.04 Å². The Labute approximate surface area is 99.0 Å². The molecule has 16 heavy (non-hydrogen) atoms. The Morgan fingerprint density at radius 2 is 1.81 bits per heavy atom. The van der Waals surface area contributed by atoms with Gasteiger partial charge in [-0.05, 0) is 33.7 Å². The molecule has 1 aliphatic rings. The molecule has 0 amide bonds. The minimum Gasteiger partial charge on any atom is -0.317 e. The molecule has 0 aromatic heterocycles. The number of nitrogens with one attached hydrogen (secondary N) is 1. The van der Waals surface area contributed by atoms with Crippen LogP contribution >= 0.6 is 0 Å². The van der Waals surface area contributed by atoms with Crippen molar-refractivity contribution in [2.75, 3.05) is 27.2 Å². The minimum absolute atomic E-state index is 0.00650. The number of hydrogen-bond donors (Lipinski definition) is 1. The summed E-state index contributed by atoms with van der Waals surface area (Å²) in [6, 6.07) is 0.461. The highest BCUT2D eigenvalue weighted by molar-refractivity contribution is 7.86. The van der Waals surface area contributed by atoms with Crippen molar-refractivity contribution in [3.8, 4) is 0 Å². The summed E-state index contributed by atoms with van der Waals surface area (Å²) >= 11 is 0. The molecule has 0 aromatic carbocycles. The first kappa shape index (κ1) is 13.9. The van der Waals surface area contributed by atoms with Gasteiger partial charge in [-0.15, -0.1) is 0 Å². The molecule has 6 heteroatoms. The Morgan fingerprint density at radius 3 is 2.19 bits per heavy atom. The summed E-state index contributed by atoms with van der Waals surface area (Å²) in [5, 5.41) is 3.19. The van der Waals surface area contributed by atoms with E-state index >= 15 is 0 Å². The molecule has 1 N–H and O–H groups in total. The monoisotopic (exact) mass is 249 g/mol. The number of nitrogens with zero attached hydrogens (tertiary/aromatic N) is 2. The second kappa shape index (κ2) is 5.44. The van der Waals surface area contributed by atoms with Crippen molar-refractivity contribution in [2.24, 2.45) is 0 Å². The summed E-state index contributed by atoms with van der Waals surface area (Å²) in [5.74, 6) is 0. The zero-order chi connectivity index (χ0) is 12.3. The van der Waals surface area contributed by atoms with Gasteiger partial charge in [0, 0.05) is 32.2 Å². The number of piperidine rings is 1. The molecule has 0 spiro atoms. The van der Waals surface area contributed by atoms with E-state index in [2.05, 4.69) is 5.32 Å². The highest BCUT2D eigenvalue weighted by atomic mass is 32.2. The fraction of sp³-hybridized carbons (Fsp3) is 1.00. The quantitative estimate of drug-likeness (QED) is 0.777. The van der Waals surface area contributed by atoms with Crippen LogP contribution in [-0.2, 0) is 10.2 Å². The summed E-state index contributed by atoms with van der Waals surface area (Å²) in [7, 11) is 0.315. The lowest BCUT2D eigenvalue weighted by Crippen LogP contribution is -2.50. The summed E-state index contributed by atoms with van der Waals surface area (Å²) < 4.78 is 27.3. The molecule has 0 radical (unpaired) electrons. The molecule has 0 aromatic rings. The van der Waals surface area contributed by atoms with Crippen molar-refractivity contribution >= 4 is 10.2 Å². The van der Waals surface area contributed by atoms with E-state index in [1.807, 2.05) is 20.9 Å². The second-order valence-electron chi connectivity index (χ2n) is 4.58. The van der Waals surface area contributed by atoms with Crippen LogP contribution in [0.5, 0.6) is 0 Å². The Bertz CT molecular complexity index is 308. The Hall–Kier alpha value is -0.170. The maximum Gasteiger partial charge on any atom is 0.281 e. The molecule has 96 valence electrons. The van der Waals surface area contributed by atoms with Crippen LogP contribution in [0.15, 0.2) is 0 Å². The molecule has 1 aliphatic heterocycles. The molecular formula is C10H23N3O2S. The van der Waals surface area contributed by atoms with Crippen LogP contribution in [-0.4, -0.2) is 56.3 Å². The summed E-state index contributed by atoms with van der Waals surface area (Å²) in [6.07, 6.45) is 1.78. The highest BCUT2D eigenvalue weighted by Crippen LogP contribution is 2.17. The molecule has 0 atom stereocenters. The van der Waals surface area contributed by atoms with Gasteiger partial charge >= 0.3 is 0 Å². The Morgan fingerprint density at radius 1 is 1.31 bits per heavy atom. The van der Waals surface area contributed by atoms with E-state index in [4.69, 9.17) is 0 Å². The fourth-order valence-electron chi connectivity index (χ4n) is 1.82. The lowest BCUT2D eigenvalue weighted by Gasteiger charge is -2.34. The Kier molecular flexibility index (Phi) is 4.73. The van der Waals surface area contributed by atoms with Gasteiger partial charge in [-0.2, -0.15) is 17.0 Å². The normalized spacial score (nSPS) is 20.9. The van der Waals surface area contributed by atoms with Crippen LogP contribution in [0.25, 0.3) is 0 Å². The molecular weight excluding hydrogens is 226 g/mol. The first-order valence-electron chi connectivity index (χ1n) is 5.80. The van der Waals surface area contributed by atoms with E-state index in [0.717, 1.165) is 12.8 Å². The van der Waals surface area contributed by atoms with Crippen molar-refractivity contribution < 1.29 is 8.42 Å². The molecule has 1 heterocycles. The average molecular weight is 249 g/mol. The van der Waals surface area contributed by atoms with Gasteiger partial charge in [-0.3, -0.25) is 0 Å². The van der Waals surface area contributed by atoms with Gasteiger partial charge in [0.2, 0.25) is 0 Å². The van der Waals surface area contributed by atoms with Crippen molar-refractivity contribution in [2.45, 2.75) is 38.8 Å². The smallest absolute Gasteiger partial charge is 0.281 e. The Balaban J connectivity index is 2.65. The zero-order valence-corrected chi connectivity index (χ0v) is 11.4. The molecule has 1 saturated heterocycles. The number of rotatable bonds is 4. The van der Waals surface area contributed by atoms with Crippen molar-refractivity contribution in [1.29, 1.82) is 0 Å². The van der Waals surface area contributed by atoms with Crippen LogP contribution in [0.3, 0.4) is 0 Å². The third-order valence-corrected chi connectivity index (χ3v) is 5.45. The van der Waals surface area contributed by atoms with Gasteiger partial charge in [0.1, 0.15) is 0 Å². The lowest BCUT2D eigenvalue weighted by molar-refractivity contribution is 0.272. The van der Waals surface area contributed by atoms with Crippen LogP contribution in [0.2, 0.25) is 0 Å². The van der Waals surface area contributed by atoms with Gasteiger partial charge < -0.3 is 5.32 Å².